The highest BCUT2D eigenvalue weighted by molar-refractivity contribution is 6.42. The Morgan fingerprint density at radius 2 is 1.55 bits per heavy atom. The van der Waals surface area contributed by atoms with Crippen LogP contribution in [0.4, 0.5) is 5.69 Å². The van der Waals surface area contributed by atoms with Crippen molar-refractivity contribution in [3.63, 3.8) is 0 Å². The number of hydrogen-bond acceptors (Lipinski definition) is 4. The van der Waals surface area contributed by atoms with Gasteiger partial charge in [-0.1, -0.05) is 76.7 Å². The van der Waals surface area contributed by atoms with Crippen LogP contribution in [-0.4, -0.2) is 24.6 Å². The molecule has 3 rings (SSSR count). The summed E-state index contributed by atoms with van der Waals surface area (Å²) in [5.74, 6) is -0.553. The Labute approximate surface area is 210 Å². The summed E-state index contributed by atoms with van der Waals surface area (Å²) in [7, 11) is 0. The fourth-order valence-corrected chi connectivity index (χ4v) is 3.61. The molecule has 10 heteroatoms. The van der Waals surface area contributed by atoms with Crippen LogP contribution in [0, 0.1) is 0 Å². The fourth-order valence-electron chi connectivity index (χ4n) is 2.70. The number of hydrazone groups is 1. The zero-order valence-corrected chi connectivity index (χ0v) is 20.0. The van der Waals surface area contributed by atoms with Gasteiger partial charge in [0.05, 0.1) is 32.7 Å². The number of rotatable bonds is 8. The molecule has 0 unspecified atom stereocenters. The average Bonchev–Trinajstić information content (AvgIpc) is 2.76. The van der Waals surface area contributed by atoms with Gasteiger partial charge in [-0.25, -0.2) is 5.43 Å². The maximum absolute atomic E-state index is 12.1. The number of nitrogens with one attached hydrogen (secondary N) is 2. The second kappa shape index (κ2) is 11.9. The summed E-state index contributed by atoms with van der Waals surface area (Å²) in [4.78, 5) is 24.1. The molecule has 0 radical (unpaired) electrons. The SMILES string of the molecule is O=C(Cc1ccccc1)N/N=C/c1cc(Cl)c(OCC(=O)Nc2ccc(Cl)c(Cl)c2)c(Cl)c1. The van der Waals surface area contributed by atoms with Crippen molar-refractivity contribution in [3.05, 3.63) is 91.9 Å². The standard InChI is InChI=1S/C23H17Cl4N3O3/c24-17-7-6-16(11-18(17)25)29-22(32)13-33-23-19(26)8-15(9-20(23)27)12-28-30-21(31)10-14-4-2-1-3-5-14/h1-9,11-12H,10,13H2,(H,29,32)(H,30,31)/b28-12+. The molecular formula is C23H17Cl4N3O3. The number of nitrogens with zero attached hydrogens (tertiary/aromatic N) is 1. The van der Waals surface area contributed by atoms with Crippen LogP contribution >= 0.6 is 46.4 Å². The zero-order valence-electron chi connectivity index (χ0n) is 16.9. The van der Waals surface area contributed by atoms with E-state index in [-0.39, 0.29) is 34.7 Å². The molecule has 3 aromatic carbocycles. The lowest BCUT2D eigenvalue weighted by atomic mass is 10.1. The summed E-state index contributed by atoms with van der Waals surface area (Å²) in [6.07, 6.45) is 1.61. The van der Waals surface area contributed by atoms with Gasteiger partial charge in [-0.3, -0.25) is 9.59 Å². The Bertz CT molecular complexity index is 1160. The lowest BCUT2D eigenvalue weighted by Crippen LogP contribution is -2.20. The minimum absolute atomic E-state index is 0.146. The van der Waals surface area contributed by atoms with Gasteiger partial charge in [-0.05, 0) is 41.5 Å². The molecule has 0 spiro atoms. The lowest BCUT2D eigenvalue weighted by molar-refractivity contribution is -0.120. The summed E-state index contributed by atoms with van der Waals surface area (Å²) >= 11 is 24.3. The van der Waals surface area contributed by atoms with Gasteiger partial charge in [-0.2, -0.15) is 5.10 Å². The first-order chi connectivity index (χ1) is 15.8. The van der Waals surface area contributed by atoms with E-state index in [1.54, 1.807) is 24.3 Å². The zero-order chi connectivity index (χ0) is 23.8. The third kappa shape index (κ3) is 7.65. The number of halogens is 4. The van der Waals surface area contributed by atoms with E-state index in [1.165, 1.54) is 12.3 Å². The number of carbonyl (C=O) groups is 2. The van der Waals surface area contributed by atoms with Crippen molar-refractivity contribution in [2.45, 2.75) is 6.42 Å². The summed E-state index contributed by atoms with van der Waals surface area (Å²) in [5.41, 5.74) is 4.33. The normalized spacial score (nSPS) is 10.8. The molecule has 0 saturated heterocycles. The van der Waals surface area contributed by atoms with Crippen LogP contribution in [0.25, 0.3) is 0 Å². The monoisotopic (exact) mass is 523 g/mol. The number of hydrogen-bond donors (Lipinski definition) is 2. The molecule has 0 aliphatic heterocycles. The first kappa shape index (κ1) is 24.9. The van der Waals surface area contributed by atoms with E-state index in [0.29, 0.717) is 21.3 Å². The van der Waals surface area contributed by atoms with Crippen molar-refractivity contribution in [1.29, 1.82) is 0 Å². The van der Waals surface area contributed by atoms with E-state index in [1.807, 2.05) is 30.3 Å². The van der Waals surface area contributed by atoms with Crippen molar-refractivity contribution < 1.29 is 14.3 Å². The molecule has 6 nitrogen and oxygen atoms in total. The largest absolute Gasteiger partial charge is 0.481 e. The average molecular weight is 525 g/mol. The van der Waals surface area contributed by atoms with Crippen molar-refractivity contribution >= 4 is 70.1 Å². The third-order valence-corrected chi connectivity index (χ3v) is 5.48. The van der Waals surface area contributed by atoms with Gasteiger partial charge in [0, 0.05) is 5.69 Å². The first-order valence-corrected chi connectivity index (χ1v) is 11.1. The smallest absolute Gasteiger partial charge is 0.262 e. The quantitative estimate of drug-likeness (QED) is 0.279. The highest BCUT2D eigenvalue weighted by atomic mass is 35.5. The molecule has 0 saturated carbocycles. The summed E-state index contributed by atoms with van der Waals surface area (Å²) < 4.78 is 5.47. The third-order valence-electron chi connectivity index (χ3n) is 4.18. The van der Waals surface area contributed by atoms with E-state index < -0.39 is 5.91 Å². The summed E-state index contributed by atoms with van der Waals surface area (Å²) in [6.45, 7) is -0.331. The van der Waals surface area contributed by atoms with E-state index in [4.69, 9.17) is 51.1 Å². The Balaban J connectivity index is 1.54. The maximum Gasteiger partial charge on any atom is 0.262 e. The molecule has 0 atom stereocenters. The maximum atomic E-state index is 12.1. The van der Waals surface area contributed by atoms with Crippen LogP contribution in [0.5, 0.6) is 5.75 Å². The molecule has 3 aromatic rings. The fraction of sp³-hybridized carbons (Fsp3) is 0.0870. The van der Waals surface area contributed by atoms with Crippen molar-refractivity contribution in [1.82, 2.24) is 5.43 Å². The molecule has 33 heavy (non-hydrogen) atoms. The Kier molecular flexibility index (Phi) is 8.97. The van der Waals surface area contributed by atoms with Gasteiger partial charge in [0.15, 0.2) is 12.4 Å². The lowest BCUT2D eigenvalue weighted by Gasteiger charge is -2.11. The molecule has 0 bridgehead atoms. The number of amides is 2. The van der Waals surface area contributed by atoms with Gasteiger partial charge in [-0.15, -0.1) is 0 Å². The Morgan fingerprint density at radius 1 is 0.848 bits per heavy atom. The van der Waals surface area contributed by atoms with Crippen LogP contribution in [0.1, 0.15) is 11.1 Å². The molecule has 0 aliphatic carbocycles. The van der Waals surface area contributed by atoms with Crippen LogP contribution < -0.4 is 15.5 Å². The highest BCUT2D eigenvalue weighted by Crippen LogP contribution is 2.34. The summed E-state index contributed by atoms with van der Waals surface area (Å²) in [6, 6.07) is 17.1. The predicted octanol–water partition coefficient (Wildman–Crippen LogP) is 6.01. The van der Waals surface area contributed by atoms with Gasteiger partial charge >= 0.3 is 0 Å². The van der Waals surface area contributed by atoms with E-state index in [9.17, 15) is 9.59 Å². The second-order valence-corrected chi connectivity index (χ2v) is 8.36. The number of carbonyl (C=O) groups excluding carboxylic acids is 2. The number of ether oxygens (including phenoxy) is 1. The van der Waals surface area contributed by atoms with Crippen molar-refractivity contribution in [2.24, 2.45) is 5.10 Å². The van der Waals surface area contributed by atoms with Crippen molar-refractivity contribution in [3.8, 4) is 5.75 Å². The predicted molar refractivity (Wildman–Crippen MR) is 133 cm³/mol. The second-order valence-electron chi connectivity index (χ2n) is 6.73. The minimum Gasteiger partial charge on any atom is -0.481 e. The molecule has 0 heterocycles. The molecular weight excluding hydrogens is 508 g/mol. The van der Waals surface area contributed by atoms with Crippen LogP contribution in [0.2, 0.25) is 20.1 Å². The first-order valence-electron chi connectivity index (χ1n) is 9.54. The molecule has 0 aliphatic rings. The molecule has 2 N–H and O–H groups in total. The van der Waals surface area contributed by atoms with Gasteiger partial charge in [0.25, 0.3) is 5.91 Å². The van der Waals surface area contributed by atoms with E-state index in [0.717, 1.165) is 5.56 Å². The van der Waals surface area contributed by atoms with E-state index >= 15 is 0 Å². The molecule has 0 aromatic heterocycles. The molecule has 0 fully saturated rings. The van der Waals surface area contributed by atoms with Crippen LogP contribution in [0.3, 0.4) is 0 Å². The molecule has 2 amide bonds. The van der Waals surface area contributed by atoms with Crippen molar-refractivity contribution in [2.75, 3.05) is 11.9 Å². The number of benzene rings is 3. The number of anilines is 1. The Morgan fingerprint density at radius 3 is 2.21 bits per heavy atom. The van der Waals surface area contributed by atoms with Gasteiger partial charge in [0.1, 0.15) is 0 Å². The minimum atomic E-state index is -0.438. The molecule has 170 valence electrons. The Hall–Kier alpha value is -2.77. The van der Waals surface area contributed by atoms with Gasteiger partial charge < -0.3 is 10.1 Å². The van der Waals surface area contributed by atoms with E-state index in [2.05, 4.69) is 15.8 Å². The van der Waals surface area contributed by atoms with Gasteiger partial charge in [0.2, 0.25) is 5.91 Å². The topological polar surface area (TPSA) is 79.8 Å². The van der Waals surface area contributed by atoms with Crippen LogP contribution in [-0.2, 0) is 16.0 Å². The van der Waals surface area contributed by atoms with Crippen LogP contribution in [0.15, 0.2) is 65.8 Å². The highest BCUT2D eigenvalue weighted by Gasteiger charge is 2.12. The summed E-state index contributed by atoms with van der Waals surface area (Å²) in [5, 5.41) is 7.61.